The van der Waals surface area contributed by atoms with Crippen molar-refractivity contribution in [3.63, 3.8) is 0 Å². The number of H-pyrrole nitrogens is 1. The third-order valence-electron chi connectivity index (χ3n) is 2.60. The number of nitrogens with zero attached hydrogens (tertiary/aromatic N) is 5. The molecule has 2 N–H and O–H groups in total. The van der Waals surface area contributed by atoms with Crippen LogP contribution in [0.1, 0.15) is 18.5 Å². The van der Waals surface area contributed by atoms with Crippen molar-refractivity contribution in [3.05, 3.63) is 35.5 Å². The fraction of sp³-hybridized carbons (Fsp3) is 0.200. The largest absolute Gasteiger partial charge is 0.363 e. The highest BCUT2D eigenvalue weighted by atomic mass is 35.5. The fourth-order valence-electron chi connectivity index (χ4n) is 1.69. The minimum Gasteiger partial charge on any atom is -0.363 e. The average Bonchev–Trinajstić information content (AvgIpc) is 2.98. The molecule has 0 spiro atoms. The van der Waals surface area contributed by atoms with E-state index in [1.807, 2.05) is 13.1 Å². The number of anilines is 1. The van der Waals surface area contributed by atoms with Crippen LogP contribution >= 0.6 is 11.6 Å². The van der Waals surface area contributed by atoms with Gasteiger partial charge >= 0.3 is 0 Å². The highest BCUT2D eigenvalue weighted by Crippen LogP contribution is 2.20. The first-order valence-corrected chi connectivity index (χ1v) is 5.73. The van der Waals surface area contributed by atoms with Gasteiger partial charge in [0.1, 0.15) is 17.3 Å². The summed E-state index contributed by atoms with van der Waals surface area (Å²) in [5, 5.41) is 14.4. The number of hydrogen-bond donors (Lipinski definition) is 2. The van der Waals surface area contributed by atoms with Gasteiger partial charge in [-0.25, -0.2) is 0 Å². The molecule has 0 aliphatic carbocycles. The summed E-state index contributed by atoms with van der Waals surface area (Å²) in [6, 6.07) is 1.77. The Morgan fingerprint density at radius 3 is 3.17 bits per heavy atom. The zero-order valence-corrected chi connectivity index (χ0v) is 10.3. The van der Waals surface area contributed by atoms with Gasteiger partial charge in [0.25, 0.3) is 5.78 Å². The van der Waals surface area contributed by atoms with Gasteiger partial charge in [-0.05, 0) is 6.92 Å². The van der Waals surface area contributed by atoms with Crippen LogP contribution in [-0.4, -0.2) is 29.8 Å². The van der Waals surface area contributed by atoms with Crippen molar-refractivity contribution in [1.29, 1.82) is 0 Å². The first kappa shape index (κ1) is 11.0. The molecule has 3 aromatic rings. The number of aromatic amines is 1. The third kappa shape index (κ3) is 1.88. The number of aromatic nitrogens is 6. The SMILES string of the molecule is CC(Nc1cc(Cl)nc2ncnn12)c1cn[nH]c1. The van der Waals surface area contributed by atoms with Gasteiger partial charge in [-0.1, -0.05) is 11.6 Å². The van der Waals surface area contributed by atoms with Gasteiger partial charge in [0.15, 0.2) is 0 Å². The van der Waals surface area contributed by atoms with E-state index in [0.29, 0.717) is 10.9 Å². The van der Waals surface area contributed by atoms with E-state index in [0.717, 1.165) is 11.4 Å². The molecule has 8 heteroatoms. The maximum atomic E-state index is 5.94. The van der Waals surface area contributed by atoms with Gasteiger partial charge in [0.2, 0.25) is 0 Å². The smallest absolute Gasteiger partial charge is 0.255 e. The summed E-state index contributed by atoms with van der Waals surface area (Å²) in [6.45, 7) is 2.02. The summed E-state index contributed by atoms with van der Waals surface area (Å²) in [6.07, 6.45) is 5.03. The Hall–Kier alpha value is -2.15. The lowest BCUT2D eigenvalue weighted by atomic mass is 10.2. The fourth-order valence-corrected chi connectivity index (χ4v) is 1.87. The molecule has 0 aliphatic heterocycles. The summed E-state index contributed by atoms with van der Waals surface area (Å²) < 4.78 is 1.60. The monoisotopic (exact) mass is 263 g/mol. The van der Waals surface area contributed by atoms with Gasteiger partial charge in [-0.3, -0.25) is 5.10 Å². The highest BCUT2D eigenvalue weighted by molar-refractivity contribution is 6.29. The maximum absolute atomic E-state index is 5.94. The number of rotatable bonds is 3. The lowest BCUT2D eigenvalue weighted by Gasteiger charge is -2.14. The third-order valence-corrected chi connectivity index (χ3v) is 2.80. The number of hydrogen-bond acceptors (Lipinski definition) is 5. The quantitative estimate of drug-likeness (QED) is 0.703. The Morgan fingerprint density at radius 1 is 1.50 bits per heavy atom. The minimum absolute atomic E-state index is 0.0645. The normalized spacial score (nSPS) is 12.8. The number of fused-ring (bicyclic) bond motifs is 1. The Morgan fingerprint density at radius 2 is 2.39 bits per heavy atom. The Balaban J connectivity index is 1.97. The van der Waals surface area contributed by atoms with Gasteiger partial charge in [-0.2, -0.15) is 24.7 Å². The number of nitrogens with one attached hydrogen (secondary N) is 2. The second-order valence-corrected chi connectivity index (χ2v) is 4.22. The van der Waals surface area contributed by atoms with Crippen molar-refractivity contribution in [1.82, 2.24) is 29.8 Å². The molecule has 0 saturated carbocycles. The molecule has 0 aliphatic rings. The molecule has 0 aromatic carbocycles. The van der Waals surface area contributed by atoms with Crippen LogP contribution in [0.2, 0.25) is 5.15 Å². The van der Waals surface area contributed by atoms with Gasteiger partial charge in [0, 0.05) is 17.8 Å². The topological polar surface area (TPSA) is 83.8 Å². The summed E-state index contributed by atoms with van der Waals surface area (Å²) in [7, 11) is 0. The van der Waals surface area contributed by atoms with Gasteiger partial charge in [-0.15, -0.1) is 0 Å². The van der Waals surface area contributed by atoms with Crippen LogP contribution in [-0.2, 0) is 0 Å². The molecule has 1 unspecified atom stereocenters. The molecule has 1 atom stereocenters. The summed E-state index contributed by atoms with van der Waals surface area (Å²) in [5.41, 5.74) is 1.04. The minimum atomic E-state index is 0.0645. The van der Waals surface area contributed by atoms with E-state index >= 15 is 0 Å². The second kappa shape index (κ2) is 4.26. The van der Waals surface area contributed by atoms with Crippen molar-refractivity contribution in [3.8, 4) is 0 Å². The van der Waals surface area contributed by atoms with Crippen LogP contribution in [0.15, 0.2) is 24.8 Å². The molecule has 7 nitrogen and oxygen atoms in total. The molecular formula is C10H10ClN7. The van der Waals surface area contributed by atoms with Crippen LogP contribution in [0.25, 0.3) is 5.78 Å². The van der Waals surface area contributed by atoms with Crippen molar-refractivity contribution >= 4 is 23.2 Å². The molecule has 0 bridgehead atoms. The second-order valence-electron chi connectivity index (χ2n) is 3.83. The molecule has 92 valence electrons. The molecule has 3 aromatic heterocycles. The van der Waals surface area contributed by atoms with Crippen molar-refractivity contribution in [2.75, 3.05) is 5.32 Å². The van der Waals surface area contributed by atoms with Crippen LogP contribution in [0.3, 0.4) is 0 Å². The molecule has 0 fully saturated rings. The standard InChI is InChI=1S/C10H10ClN7/c1-6(7-3-13-14-4-7)16-9-2-8(11)17-10-12-5-15-18(9)10/h2-6,16H,1H3,(H,13,14). The molecule has 0 radical (unpaired) electrons. The zero-order chi connectivity index (χ0) is 12.5. The van der Waals surface area contributed by atoms with Crippen molar-refractivity contribution < 1.29 is 0 Å². The molecule has 18 heavy (non-hydrogen) atoms. The molecule has 3 heterocycles. The zero-order valence-electron chi connectivity index (χ0n) is 9.50. The van der Waals surface area contributed by atoms with Gasteiger partial charge < -0.3 is 5.32 Å². The summed E-state index contributed by atoms with van der Waals surface area (Å²) in [5.74, 6) is 1.19. The van der Waals surface area contributed by atoms with Gasteiger partial charge in [0.05, 0.1) is 12.2 Å². The van der Waals surface area contributed by atoms with Crippen LogP contribution in [0.5, 0.6) is 0 Å². The average molecular weight is 264 g/mol. The van der Waals surface area contributed by atoms with Crippen LogP contribution in [0, 0.1) is 0 Å². The van der Waals surface area contributed by atoms with E-state index in [-0.39, 0.29) is 6.04 Å². The Kier molecular flexibility index (Phi) is 2.60. The van der Waals surface area contributed by atoms with Crippen molar-refractivity contribution in [2.24, 2.45) is 0 Å². The van der Waals surface area contributed by atoms with E-state index in [1.54, 1.807) is 16.8 Å². The summed E-state index contributed by atoms with van der Waals surface area (Å²) in [4.78, 5) is 8.07. The van der Waals surface area contributed by atoms with E-state index in [4.69, 9.17) is 11.6 Å². The molecule has 0 saturated heterocycles. The number of halogens is 1. The predicted molar refractivity (Wildman–Crippen MR) is 66.4 cm³/mol. The van der Waals surface area contributed by atoms with Crippen LogP contribution in [0.4, 0.5) is 5.82 Å². The lowest BCUT2D eigenvalue weighted by molar-refractivity contribution is 0.841. The molecule has 0 amide bonds. The Bertz CT molecular complexity index is 660. The van der Waals surface area contributed by atoms with E-state index in [2.05, 4.69) is 30.6 Å². The van der Waals surface area contributed by atoms with E-state index < -0.39 is 0 Å². The Labute approximate surface area is 107 Å². The van der Waals surface area contributed by atoms with Crippen LogP contribution < -0.4 is 5.32 Å². The predicted octanol–water partition coefficient (Wildman–Crippen LogP) is 1.67. The molecule has 3 rings (SSSR count). The van der Waals surface area contributed by atoms with E-state index in [1.165, 1.54) is 6.33 Å². The van der Waals surface area contributed by atoms with Crippen molar-refractivity contribution in [2.45, 2.75) is 13.0 Å². The first-order valence-electron chi connectivity index (χ1n) is 5.35. The lowest BCUT2D eigenvalue weighted by Crippen LogP contribution is -2.10. The first-order chi connectivity index (χ1) is 8.74. The summed E-state index contributed by atoms with van der Waals surface area (Å²) >= 11 is 5.94. The maximum Gasteiger partial charge on any atom is 0.255 e. The van der Waals surface area contributed by atoms with E-state index in [9.17, 15) is 0 Å². The highest BCUT2D eigenvalue weighted by Gasteiger charge is 2.11. The molecular weight excluding hydrogens is 254 g/mol.